The van der Waals surface area contributed by atoms with Crippen molar-refractivity contribution in [2.75, 3.05) is 19.6 Å². The number of aromatic nitrogens is 2. The van der Waals surface area contributed by atoms with E-state index in [4.69, 9.17) is 0 Å². The lowest BCUT2D eigenvalue weighted by molar-refractivity contribution is -0.136. The molecule has 176 valence electrons. The van der Waals surface area contributed by atoms with Gasteiger partial charge in [0.2, 0.25) is 0 Å². The molecule has 2 aliphatic heterocycles. The number of hydrogen-bond donors (Lipinski definition) is 0. The number of imide groups is 1. The lowest BCUT2D eigenvalue weighted by Crippen LogP contribution is -2.57. The van der Waals surface area contributed by atoms with Crippen LogP contribution in [0.3, 0.4) is 0 Å². The fourth-order valence-corrected chi connectivity index (χ4v) is 5.29. The maximum absolute atomic E-state index is 13.7. The highest BCUT2D eigenvalue weighted by molar-refractivity contribution is 6.07. The van der Waals surface area contributed by atoms with Gasteiger partial charge in [-0.3, -0.25) is 24.6 Å². The van der Waals surface area contributed by atoms with Crippen molar-refractivity contribution in [3.05, 3.63) is 72.2 Å². The second-order valence-electron chi connectivity index (χ2n) is 9.79. The summed E-state index contributed by atoms with van der Waals surface area (Å²) in [4.78, 5) is 41.6. The predicted molar refractivity (Wildman–Crippen MR) is 131 cm³/mol. The molecule has 3 aromatic rings. The standard InChI is InChI=1S/C27H31N5O2/c1-20(2)17-32-26(34)31(19-22-7-5-6-13-28-22)25(33)27(32)11-15-30(16-12-27)18-21-10-14-29-24-9-4-3-8-23(21)24/h3-10,13-14,20H,11-12,15-19H2,1-2H3. The van der Waals surface area contributed by atoms with Crippen LogP contribution in [0.15, 0.2) is 60.9 Å². The van der Waals surface area contributed by atoms with Gasteiger partial charge in [-0.2, -0.15) is 0 Å². The molecule has 1 aromatic carbocycles. The van der Waals surface area contributed by atoms with E-state index in [2.05, 4.69) is 40.8 Å². The van der Waals surface area contributed by atoms with Crippen molar-refractivity contribution in [2.45, 2.75) is 45.3 Å². The normalized spacial score (nSPS) is 18.6. The van der Waals surface area contributed by atoms with E-state index in [-0.39, 0.29) is 24.4 Å². The molecular weight excluding hydrogens is 426 g/mol. The minimum atomic E-state index is -0.757. The highest BCUT2D eigenvalue weighted by Crippen LogP contribution is 2.39. The van der Waals surface area contributed by atoms with Gasteiger partial charge in [-0.25, -0.2) is 4.79 Å². The van der Waals surface area contributed by atoms with Crippen molar-refractivity contribution >= 4 is 22.8 Å². The number of carbonyl (C=O) groups excluding carboxylic acids is 2. The highest BCUT2D eigenvalue weighted by Gasteiger charge is 2.57. The Morgan fingerprint density at radius 2 is 1.68 bits per heavy atom. The number of hydrogen-bond acceptors (Lipinski definition) is 5. The van der Waals surface area contributed by atoms with Gasteiger partial charge in [0.15, 0.2) is 0 Å². The number of carbonyl (C=O) groups is 2. The Morgan fingerprint density at radius 3 is 2.41 bits per heavy atom. The molecule has 2 aliphatic rings. The van der Waals surface area contributed by atoms with Gasteiger partial charge in [-0.1, -0.05) is 38.1 Å². The van der Waals surface area contributed by atoms with Gasteiger partial charge in [0, 0.05) is 44.0 Å². The van der Waals surface area contributed by atoms with Crippen LogP contribution in [0.5, 0.6) is 0 Å². The molecule has 0 atom stereocenters. The van der Waals surface area contributed by atoms with E-state index in [1.807, 2.05) is 47.5 Å². The number of pyridine rings is 2. The molecule has 5 rings (SSSR count). The lowest BCUT2D eigenvalue weighted by Gasteiger charge is -2.42. The lowest BCUT2D eigenvalue weighted by atomic mass is 9.85. The number of rotatable bonds is 6. The van der Waals surface area contributed by atoms with Gasteiger partial charge < -0.3 is 4.90 Å². The first-order valence-electron chi connectivity index (χ1n) is 12.1. The summed E-state index contributed by atoms with van der Waals surface area (Å²) in [6.45, 7) is 7.33. The number of urea groups is 1. The van der Waals surface area contributed by atoms with Gasteiger partial charge in [0.05, 0.1) is 17.8 Å². The van der Waals surface area contributed by atoms with Crippen LogP contribution in [0.1, 0.15) is 37.9 Å². The summed E-state index contributed by atoms with van der Waals surface area (Å²) in [5, 5.41) is 1.17. The molecule has 0 radical (unpaired) electrons. The molecule has 7 heteroatoms. The van der Waals surface area contributed by atoms with E-state index in [0.717, 1.165) is 30.8 Å². The summed E-state index contributed by atoms with van der Waals surface area (Å²) >= 11 is 0. The summed E-state index contributed by atoms with van der Waals surface area (Å²) in [6.07, 6.45) is 4.85. The first-order chi connectivity index (χ1) is 16.5. The van der Waals surface area contributed by atoms with Crippen LogP contribution < -0.4 is 0 Å². The third-order valence-corrected chi connectivity index (χ3v) is 7.03. The summed E-state index contributed by atoms with van der Waals surface area (Å²) in [5.41, 5.74) is 2.21. The van der Waals surface area contributed by atoms with Crippen molar-refractivity contribution in [2.24, 2.45) is 5.92 Å². The fourth-order valence-electron chi connectivity index (χ4n) is 5.29. The average molecular weight is 458 g/mol. The van der Waals surface area contributed by atoms with Crippen molar-refractivity contribution in [1.29, 1.82) is 0 Å². The first-order valence-corrected chi connectivity index (χ1v) is 12.1. The zero-order valence-electron chi connectivity index (χ0n) is 19.9. The molecule has 3 amide bonds. The van der Waals surface area contributed by atoms with Crippen LogP contribution in [0.2, 0.25) is 0 Å². The van der Waals surface area contributed by atoms with E-state index in [9.17, 15) is 9.59 Å². The van der Waals surface area contributed by atoms with Crippen molar-refractivity contribution in [3.8, 4) is 0 Å². The number of nitrogens with zero attached hydrogens (tertiary/aromatic N) is 5. The summed E-state index contributed by atoms with van der Waals surface area (Å²) in [5.74, 6) is 0.211. The van der Waals surface area contributed by atoms with Gasteiger partial charge in [0.1, 0.15) is 5.54 Å². The van der Waals surface area contributed by atoms with E-state index < -0.39 is 5.54 Å². The number of para-hydroxylation sites is 1. The Bertz CT molecular complexity index is 1180. The average Bonchev–Trinajstić information content (AvgIpc) is 3.03. The molecule has 0 bridgehead atoms. The van der Waals surface area contributed by atoms with Crippen LogP contribution in [-0.2, 0) is 17.9 Å². The van der Waals surface area contributed by atoms with Gasteiger partial charge in [-0.05, 0) is 48.6 Å². The topological polar surface area (TPSA) is 69.6 Å². The second-order valence-corrected chi connectivity index (χ2v) is 9.79. The minimum absolute atomic E-state index is 0.0715. The molecule has 0 N–H and O–H groups in total. The Hall–Kier alpha value is -3.32. The fraction of sp³-hybridized carbons (Fsp3) is 0.407. The van der Waals surface area contributed by atoms with E-state index in [1.165, 1.54) is 15.8 Å². The third-order valence-electron chi connectivity index (χ3n) is 7.03. The Kier molecular flexibility index (Phi) is 6.04. The Morgan fingerprint density at radius 1 is 0.912 bits per heavy atom. The minimum Gasteiger partial charge on any atom is -0.309 e. The summed E-state index contributed by atoms with van der Waals surface area (Å²) < 4.78 is 0. The van der Waals surface area contributed by atoms with Gasteiger partial charge >= 0.3 is 6.03 Å². The number of benzene rings is 1. The molecule has 34 heavy (non-hydrogen) atoms. The first kappa shape index (κ1) is 22.5. The van der Waals surface area contributed by atoms with Crippen molar-refractivity contribution in [1.82, 2.24) is 24.7 Å². The molecule has 0 saturated carbocycles. The predicted octanol–water partition coefficient (Wildman–Crippen LogP) is 4.08. The number of amides is 3. The van der Waals surface area contributed by atoms with E-state index in [0.29, 0.717) is 19.4 Å². The summed E-state index contributed by atoms with van der Waals surface area (Å²) in [7, 11) is 0. The number of piperidine rings is 1. The quantitative estimate of drug-likeness (QED) is 0.522. The van der Waals surface area contributed by atoms with Crippen molar-refractivity contribution in [3.63, 3.8) is 0 Å². The van der Waals surface area contributed by atoms with E-state index in [1.54, 1.807) is 6.20 Å². The molecule has 4 heterocycles. The largest absolute Gasteiger partial charge is 0.328 e. The molecule has 2 aromatic heterocycles. The summed E-state index contributed by atoms with van der Waals surface area (Å²) in [6, 6.07) is 15.7. The number of fused-ring (bicyclic) bond motifs is 1. The Balaban J connectivity index is 1.35. The van der Waals surface area contributed by atoms with Crippen LogP contribution in [-0.4, -0.2) is 61.8 Å². The van der Waals surface area contributed by atoms with Crippen molar-refractivity contribution < 1.29 is 9.59 Å². The third kappa shape index (κ3) is 4.05. The Labute approximate surface area is 200 Å². The van der Waals surface area contributed by atoms with Crippen LogP contribution in [0.25, 0.3) is 10.9 Å². The zero-order valence-corrected chi connectivity index (χ0v) is 19.9. The zero-order chi connectivity index (χ0) is 23.7. The molecule has 7 nitrogen and oxygen atoms in total. The molecular formula is C27H31N5O2. The van der Waals surface area contributed by atoms with Crippen LogP contribution in [0, 0.1) is 5.92 Å². The highest BCUT2D eigenvalue weighted by atomic mass is 16.2. The smallest absolute Gasteiger partial charge is 0.309 e. The molecule has 0 aliphatic carbocycles. The maximum Gasteiger partial charge on any atom is 0.328 e. The molecule has 2 fully saturated rings. The molecule has 2 saturated heterocycles. The second kappa shape index (κ2) is 9.14. The molecule has 1 spiro atoms. The van der Waals surface area contributed by atoms with Crippen LogP contribution >= 0.6 is 0 Å². The van der Waals surface area contributed by atoms with E-state index >= 15 is 0 Å². The monoisotopic (exact) mass is 457 g/mol. The number of likely N-dealkylation sites (tertiary alicyclic amines) is 1. The van der Waals surface area contributed by atoms with Gasteiger partial charge in [-0.15, -0.1) is 0 Å². The molecule has 0 unspecified atom stereocenters. The van der Waals surface area contributed by atoms with Crippen LogP contribution in [0.4, 0.5) is 4.79 Å². The SMILES string of the molecule is CC(C)CN1C(=O)N(Cc2ccccn2)C(=O)C12CCN(Cc1ccnc3ccccc13)CC2. The van der Waals surface area contributed by atoms with Gasteiger partial charge in [0.25, 0.3) is 5.91 Å². The maximum atomic E-state index is 13.7.